The Bertz CT molecular complexity index is 2900. The summed E-state index contributed by atoms with van der Waals surface area (Å²) in [4.78, 5) is 87.1. The van der Waals surface area contributed by atoms with E-state index in [2.05, 4.69) is 21.3 Å². The highest BCUT2D eigenvalue weighted by Gasteiger charge is 2.44. The van der Waals surface area contributed by atoms with Gasteiger partial charge in [-0.25, -0.2) is 27.7 Å². The number of aromatic nitrogens is 2. The van der Waals surface area contributed by atoms with Crippen molar-refractivity contribution in [2.45, 2.75) is 111 Å². The van der Waals surface area contributed by atoms with Gasteiger partial charge in [0.25, 0.3) is 5.91 Å². The predicted octanol–water partition coefficient (Wildman–Crippen LogP) is 6.80. The Morgan fingerprint density at radius 2 is 1.58 bits per heavy atom. The second-order valence-corrected chi connectivity index (χ2v) is 21.2. The number of primary amides is 1. The molecule has 1 aliphatic rings. The number of halogens is 3. The smallest absolute Gasteiger partial charge is 0.410 e. The highest BCUT2D eigenvalue weighted by atomic mass is 19.1. The van der Waals surface area contributed by atoms with Crippen LogP contribution in [-0.4, -0.2) is 111 Å². The Kier molecular flexibility index (Phi) is 20.2. The minimum absolute atomic E-state index is 0.0802. The molecule has 4 aromatic carbocycles. The molecule has 9 N–H and O–H groups in total. The summed E-state index contributed by atoms with van der Waals surface area (Å²) in [7, 11) is 0. The van der Waals surface area contributed by atoms with Gasteiger partial charge >= 0.3 is 12.1 Å². The van der Waals surface area contributed by atoms with Crippen molar-refractivity contribution < 1.29 is 51.8 Å². The van der Waals surface area contributed by atoms with E-state index in [1.165, 1.54) is 34.9 Å². The number of hydrogen-bond donors (Lipinski definition) is 7. The van der Waals surface area contributed by atoms with Crippen LogP contribution in [-0.2, 0) is 37.1 Å². The fourth-order valence-electron chi connectivity index (χ4n) is 9.32. The van der Waals surface area contributed by atoms with E-state index in [0.717, 1.165) is 5.56 Å². The lowest BCUT2D eigenvalue weighted by Crippen LogP contribution is -2.55. The van der Waals surface area contributed by atoms with E-state index < -0.39 is 101 Å². The number of amides is 7. The maximum Gasteiger partial charge on any atom is 0.410 e. The monoisotopic (exact) mass is 1080 g/mol. The molecule has 7 atom stereocenters. The molecule has 5 aromatic rings. The fraction of sp³-hybridized carbons (Fsp3) is 0.421. The number of imidazole rings is 1. The first-order valence-electron chi connectivity index (χ1n) is 25.9. The molecule has 0 saturated carbocycles. The van der Waals surface area contributed by atoms with Gasteiger partial charge in [0.05, 0.1) is 18.3 Å². The lowest BCUT2D eigenvalue weighted by atomic mass is 9.84. The number of nitrogens with zero attached hydrogens (tertiary/aromatic N) is 4. The van der Waals surface area contributed by atoms with Crippen molar-refractivity contribution in [3.63, 3.8) is 0 Å². The molecule has 0 aliphatic carbocycles. The van der Waals surface area contributed by atoms with Crippen LogP contribution >= 0.6 is 0 Å². The number of nitrogens with two attached hydrogens (primary N) is 2. The van der Waals surface area contributed by atoms with Crippen molar-refractivity contribution in [2.75, 3.05) is 31.5 Å². The second-order valence-electron chi connectivity index (χ2n) is 21.2. The minimum atomic E-state index is -1.62. The number of aliphatic hydroxyl groups is 1. The summed E-state index contributed by atoms with van der Waals surface area (Å²) in [5.74, 6) is -4.59. The molecule has 418 valence electrons. The maximum atomic E-state index is 16.2. The van der Waals surface area contributed by atoms with Gasteiger partial charge in [0.2, 0.25) is 17.7 Å². The van der Waals surface area contributed by atoms with Crippen LogP contribution in [0.1, 0.15) is 94.5 Å². The molecule has 6 rings (SSSR count). The molecule has 21 heteroatoms. The van der Waals surface area contributed by atoms with Crippen molar-refractivity contribution in [3.8, 4) is 11.3 Å². The minimum Gasteiger partial charge on any atom is -0.445 e. The molecule has 0 spiro atoms. The van der Waals surface area contributed by atoms with Crippen molar-refractivity contribution in [1.82, 2.24) is 35.3 Å². The number of carbonyl (C=O) groups is 6. The Morgan fingerprint density at radius 3 is 2.22 bits per heavy atom. The molecule has 78 heavy (non-hydrogen) atoms. The van der Waals surface area contributed by atoms with Crippen LogP contribution in [0.25, 0.3) is 11.3 Å². The molecule has 1 saturated heterocycles. The third-order valence-electron chi connectivity index (χ3n) is 13.4. The predicted molar refractivity (Wildman–Crippen MR) is 288 cm³/mol. The molecule has 2 heterocycles. The first-order valence-corrected chi connectivity index (χ1v) is 25.9. The number of benzene rings is 4. The number of carbonyl (C=O) groups excluding carboxylic acids is 6. The normalized spacial score (nSPS) is 16.3. The summed E-state index contributed by atoms with van der Waals surface area (Å²) in [6, 6.07) is 20.6. The molecule has 1 fully saturated rings. The van der Waals surface area contributed by atoms with Gasteiger partial charge in [-0.15, -0.1) is 0 Å². The number of aliphatic hydroxyl groups excluding tert-OH is 1. The zero-order valence-corrected chi connectivity index (χ0v) is 45.0. The van der Waals surface area contributed by atoms with Crippen molar-refractivity contribution in [1.29, 1.82) is 0 Å². The van der Waals surface area contributed by atoms with Crippen LogP contribution in [0, 0.1) is 35.8 Å². The van der Waals surface area contributed by atoms with Crippen LogP contribution in [0.4, 0.5) is 28.4 Å². The third kappa shape index (κ3) is 15.9. The van der Waals surface area contributed by atoms with E-state index in [-0.39, 0.29) is 69.3 Å². The highest BCUT2D eigenvalue weighted by molar-refractivity contribution is 5.98. The summed E-state index contributed by atoms with van der Waals surface area (Å²) in [6.45, 7) is 11.3. The third-order valence-corrected chi connectivity index (χ3v) is 13.4. The molecule has 18 nitrogen and oxygen atoms in total. The van der Waals surface area contributed by atoms with Gasteiger partial charge in [-0.1, -0.05) is 101 Å². The average Bonchev–Trinajstić information content (AvgIpc) is 4.02. The second kappa shape index (κ2) is 26.5. The topological polar surface area (TPSA) is 256 Å². The van der Waals surface area contributed by atoms with Crippen LogP contribution < -0.4 is 32.7 Å². The number of hydrogen-bond acceptors (Lipinski definition) is 10. The Labute approximate surface area is 452 Å². The molecule has 1 aromatic heterocycles. The van der Waals surface area contributed by atoms with Crippen LogP contribution in [0.2, 0.25) is 0 Å². The number of rotatable bonds is 22. The van der Waals surface area contributed by atoms with Crippen LogP contribution in [0.5, 0.6) is 0 Å². The van der Waals surface area contributed by atoms with Crippen molar-refractivity contribution in [2.24, 2.45) is 28.7 Å². The van der Waals surface area contributed by atoms with Crippen molar-refractivity contribution in [3.05, 3.63) is 143 Å². The summed E-state index contributed by atoms with van der Waals surface area (Å²) in [6.07, 6.45) is -2.00. The van der Waals surface area contributed by atoms with Gasteiger partial charge in [-0.3, -0.25) is 19.2 Å². The fourth-order valence-corrected chi connectivity index (χ4v) is 9.32. The number of likely N-dealkylation sites (tertiary alicyclic amines) is 1. The van der Waals surface area contributed by atoms with E-state index in [4.69, 9.17) is 21.2 Å². The lowest BCUT2D eigenvalue weighted by Gasteiger charge is -2.41. The maximum absolute atomic E-state index is 16.2. The number of anilines is 1. The average molecular weight is 1080 g/mol. The van der Waals surface area contributed by atoms with E-state index in [1.807, 2.05) is 27.7 Å². The standard InChI is InChI=1S/C57H71F3N10O8/c1-33(2)48(67-52(73)47(61)38-14-9-8-10-15-38)53(74)66-45(17-12-24-63-55(62)76)51(72)64-41-21-19-36(20-22-41)32-78-56(77)69-28-39(44(60)30-69)29-70(54(75)35(4)71)49(57(5,6)7)50-65-46(42-25-34(3)18-23-43(42)59)31-68(50)27-37-13-11-16-40(58)26-37/h8-11,13-16,18-23,25-26,31,33,35,39,44-45,47-49,71H,12,17,24,27-30,32,61H2,1-7H3,(H,64,72)(H,66,74)(H,67,73)(H3,62,63,76). The van der Waals surface area contributed by atoms with Gasteiger partial charge < -0.3 is 56.9 Å². The molecular weight excluding hydrogens is 1010 g/mol. The number of urea groups is 1. The largest absolute Gasteiger partial charge is 0.445 e. The lowest BCUT2D eigenvalue weighted by molar-refractivity contribution is -0.146. The number of nitrogens with one attached hydrogen (secondary N) is 4. The van der Waals surface area contributed by atoms with Gasteiger partial charge in [-0.05, 0) is 91.1 Å². The van der Waals surface area contributed by atoms with Crippen molar-refractivity contribution >= 4 is 41.4 Å². The summed E-state index contributed by atoms with van der Waals surface area (Å²) in [5.41, 5.74) is 13.7. The number of alkyl halides is 1. The Morgan fingerprint density at radius 1 is 0.872 bits per heavy atom. The van der Waals surface area contributed by atoms with Gasteiger partial charge in [0.1, 0.15) is 54.5 Å². The molecule has 7 unspecified atom stereocenters. The Balaban J connectivity index is 1.12. The summed E-state index contributed by atoms with van der Waals surface area (Å²) >= 11 is 0. The van der Waals surface area contributed by atoms with E-state index >= 15 is 8.78 Å². The van der Waals surface area contributed by atoms with E-state index in [9.17, 15) is 38.3 Å². The van der Waals surface area contributed by atoms with E-state index in [1.54, 1.807) is 103 Å². The summed E-state index contributed by atoms with van der Waals surface area (Å²) in [5, 5.41) is 21.5. The van der Waals surface area contributed by atoms with Crippen LogP contribution in [0.15, 0.2) is 103 Å². The first kappa shape index (κ1) is 59.5. The molecule has 7 amide bonds. The molecule has 0 bridgehead atoms. The SMILES string of the molecule is Cc1ccc(F)c(-c2cn(Cc3cccc(F)c3)c(C(N(CC3CN(C(=O)OCc4ccc(NC(=O)C(CCCNC(N)=O)NC(=O)C(NC(=O)C(N)c5ccccc5)C(C)C)cc4)CC3F)C(=O)C(C)O)C(C)(C)C)n2)c1. The van der Waals surface area contributed by atoms with Gasteiger partial charge in [-0.2, -0.15) is 0 Å². The number of aryl methyl sites for hydroxylation is 1. The zero-order chi connectivity index (χ0) is 57.0. The van der Waals surface area contributed by atoms with E-state index in [0.29, 0.717) is 22.4 Å². The van der Waals surface area contributed by atoms with Gasteiger partial charge in [0, 0.05) is 49.5 Å². The molecular formula is C57H71F3N10O8. The molecule has 0 radical (unpaired) electrons. The highest BCUT2D eigenvalue weighted by Crippen LogP contribution is 2.41. The van der Waals surface area contributed by atoms with Crippen LogP contribution in [0.3, 0.4) is 0 Å². The molecule has 1 aliphatic heterocycles. The first-order chi connectivity index (χ1) is 36.9. The quantitative estimate of drug-likeness (QED) is 0.0357. The van der Waals surface area contributed by atoms with Gasteiger partial charge in [0.15, 0.2) is 0 Å². The summed E-state index contributed by atoms with van der Waals surface area (Å²) < 4.78 is 53.4. The zero-order valence-electron chi connectivity index (χ0n) is 45.0. The number of ether oxygens (including phenoxy) is 1. The Hall–Kier alpha value is -7.78.